The second-order valence-corrected chi connectivity index (χ2v) is 9.27. The predicted octanol–water partition coefficient (Wildman–Crippen LogP) is 3.79. The zero-order chi connectivity index (χ0) is 19.9. The van der Waals surface area contributed by atoms with Gasteiger partial charge in [-0.25, -0.2) is 4.98 Å². The molecule has 0 fully saturated rings. The Morgan fingerprint density at radius 1 is 1.43 bits per heavy atom. The molecule has 1 aliphatic heterocycles. The third kappa shape index (κ3) is 3.64. The molecule has 3 aromatic rings. The summed E-state index contributed by atoms with van der Waals surface area (Å²) in [6, 6.07) is 3.75. The van der Waals surface area contributed by atoms with Gasteiger partial charge in [0.05, 0.1) is 23.8 Å². The maximum atomic E-state index is 13.5. The lowest BCUT2D eigenvalue weighted by Crippen LogP contribution is -2.32. The highest BCUT2D eigenvalue weighted by atomic mass is 32.1. The lowest BCUT2D eigenvalue weighted by Gasteiger charge is -2.29. The number of thiophene rings is 1. The monoisotopic (exact) mass is 396 g/mol. The van der Waals surface area contributed by atoms with Crippen molar-refractivity contribution < 1.29 is 4.74 Å². The number of rotatable bonds is 4. The molecule has 28 heavy (non-hydrogen) atoms. The molecule has 0 atom stereocenters. The van der Waals surface area contributed by atoms with Crippen LogP contribution in [0.15, 0.2) is 34.4 Å². The van der Waals surface area contributed by atoms with Crippen molar-refractivity contribution in [3.63, 3.8) is 0 Å². The van der Waals surface area contributed by atoms with E-state index < -0.39 is 0 Å². The molecule has 0 aliphatic carbocycles. The molecule has 0 radical (unpaired) electrons. The molecule has 1 aliphatic rings. The first kappa shape index (κ1) is 19.0. The highest BCUT2D eigenvalue weighted by Gasteiger charge is 2.31. The van der Waals surface area contributed by atoms with Crippen LogP contribution in [0.5, 0.6) is 0 Å². The van der Waals surface area contributed by atoms with E-state index in [9.17, 15) is 4.79 Å². The standard InChI is InChI=1S/C21H24N4O2S/c1-13(2)8-17-24-19-18(15-9-21(3,4)27-12-16(15)28-19)20(26)25(17)23-11-14-6-5-7-22-10-14/h5-7,10-11,13H,8-9,12H2,1-4H3. The van der Waals surface area contributed by atoms with Crippen molar-refractivity contribution in [1.29, 1.82) is 0 Å². The molecule has 3 aromatic heterocycles. The first-order chi connectivity index (χ1) is 13.3. The molecule has 4 rings (SSSR count). The molecule has 0 unspecified atom stereocenters. The van der Waals surface area contributed by atoms with Crippen LogP contribution in [0.3, 0.4) is 0 Å². The third-order valence-electron chi connectivity index (χ3n) is 4.75. The molecule has 7 heteroatoms. The quantitative estimate of drug-likeness (QED) is 0.629. The van der Waals surface area contributed by atoms with Crippen LogP contribution in [0.2, 0.25) is 0 Å². The molecule has 0 N–H and O–H groups in total. The van der Waals surface area contributed by atoms with Gasteiger partial charge in [-0.2, -0.15) is 9.78 Å². The Labute approximate surface area is 167 Å². The normalized spacial score (nSPS) is 16.2. The zero-order valence-corrected chi connectivity index (χ0v) is 17.4. The molecular formula is C21H24N4O2S. The third-order valence-corrected chi connectivity index (χ3v) is 5.85. The fourth-order valence-electron chi connectivity index (χ4n) is 3.42. The van der Waals surface area contributed by atoms with Crippen LogP contribution < -0.4 is 5.56 Å². The summed E-state index contributed by atoms with van der Waals surface area (Å²) in [6.07, 6.45) is 6.48. The number of hydrogen-bond donors (Lipinski definition) is 0. The summed E-state index contributed by atoms with van der Waals surface area (Å²) in [5, 5.41) is 5.18. The molecule has 0 amide bonds. The van der Waals surface area contributed by atoms with E-state index in [-0.39, 0.29) is 11.2 Å². The minimum Gasteiger partial charge on any atom is -0.370 e. The Balaban J connectivity index is 1.90. The van der Waals surface area contributed by atoms with Crippen LogP contribution in [-0.2, 0) is 24.2 Å². The average Bonchev–Trinajstić information content (AvgIpc) is 2.98. The van der Waals surface area contributed by atoms with E-state index in [1.54, 1.807) is 29.9 Å². The van der Waals surface area contributed by atoms with Gasteiger partial charge in [-0.3, -0.25) is 9.78 Å². The van der Waals surface area contributed by atoms with Crippen LogP contribution in [-0.4, -0.2) is 26.5 Å². The fourth-order valence-corrected chi connectivity index (χ4v) is 4.53. The molecule has 4 heterocycles. The fraction of sp³-hybridized carbons (Fsp3) is 0.429. The van der Waals surface area contributed by atoms with Crippen molar-refractivity contribution in [3.05, 3.63) is 56.7 Å². The summed E-state index contributed by atoms with van der Waals surface area (Å²) in [5.41, 5.74) is 1.52. The Kier molecular flexibility index (Phi) is 4.89. The molecule has 146 valence electrons. The largest absolute Gasteiger partial charge is 0.370 e. The summed E-state index contributed by atoms with van der Waals surface area (Å²) in [4.78, 5) is 24.3. The maximum Gasteiger partial charge on any atom is 0.283 e. The van der Waals surface area contributed by atoms with Gasteiger partial charge in [0.25, 0.3) is 5.56 Å². The van der Waals surface area contributed by atoms with Gasteiger partial charge in [0, 0.05) is 35.7 Å². The summed E-state index contributed by atoms with van der Waals surface area (Å²) in [7, 11) is 0. The number of nitrogens with zero attached hydrogens (tertiary/aromatic N) is 4. The van der Waals surface area contributed by atoms with Gasteiger partial charge in [-0.05, 0) is 31.4 Å². The maximum absolute atomic E-state index is 13.5. The average molecular weight is 397 g/mol. The van der Waals surface area contributed by atoms with E-state index in [2.05, 4.69) is 37.8 Å². The van der Waals surface area contributed by atoms with Gasteiger partial charge in [-0.1, -0.05) is 19.9 Å². The van der Waals surface area contributed by atoms with Crippen LogP contribution in [0, 0.1) is 5.92 Å². The Morgan fingerprint density at radius 2 is 2.25 bits per heavy atom. The van der Waals surface area contributed by atoms with E-state index >= 15 is 0 Å². The highest BCUT2D eigenvalue weighted by Crippen LogP contribution is 2.37. The summed E-state index contributed by atoms with van der Waals surface area (Å²) in [5.74, 6) is 1.05. The lowest BCUT2D eigenvalue weighted by atomic mass is 9.94. The van der Waals surface area contributed by atoms with Gasteiger partial charge >= 0.3 is 0 Å². The minimum atomic E-state index is -0.284. The molecular weight excluding hydrogens is 372 g/mol. The molecule has 0 saturated heterocycles. The Hall–Kier alpha value is -2.38. The first-order valence-corrected chi connectivity index (χ1v) is 10.3. The van der Waals surface area contributed by atoms with Crippen LogP contribution >= 0.6 is 11.3 Å². The van der Waals surface area contributed by atoms with Crippen molar-refractivity contribution >= 4 is 27.8 Å². The summed E-state index contributed by atoms with van der Waals surface area (Å²) >= 11 is 1.57. The molecule has 0 aromatic carbocycles. The Morgan fingerprint density at radius 3 is 2.96 bits per heavy atom. The van der Waals surface area contributed by atoms with Crippen molar-refractivity contribution in [2.45, 2.75) is 52.7 Å². The van der Waals surface area contributed by atoms with Crippen molar-refractivity contribution in [3.8, 4) is 0 Å². The number of pyridine rings is 1. The van der Waals surface area contributed by atoms with E-state index in [0.717, 1.165) is 20.8 Å². The van der Waals surface area contributed by atoms with E-state index in [1.807, 2.05) is 12.1 Å². The minimum absolute atomic E-state index is 0.101. The highest BCUT2D eigenvalue weighted by molar-refractivity contribution is 7.18. The van der Waals surface area contributed by atoms with Crippen molar-refractivity contribution in [2.75, 3.05) is 0 Å². The smallest absolute Gasteiger partial charge is 0.283 e. The molecule has 0 bridgehead atoms. The SMILES string of the molecule is CC(C)Cc1nc2sc3c(c2c(=O)n1N=Cc1cccnc1)CC(C)(C)OC3. The zero-order valence-electron chi connectivity index (χ0n) is 16.6. The number of fused-ring (bicyclic) bond motifs is 3. The van der Waals surface area contributed by atoms with Gasteiger partial charge in [0.15, 0.2) is 0 Å². The second-order valence-electron chi connectivity index (χ2n) is 8.18. The van der Waals surface area contributed by atoms with Crippen LogP contribution in [0.25, 0.3) is 10.2 Å². The summed E-state index contributed by atoms with van der Waals surface area (Å²) < 4.78 is 7.39. The van der Waals surface area contributed by atoms with Gasteiger partial charge in [-0.15, -0.1) is 11.3 Å². The number of hydrogen-bond acceptors (Lipinski definition) is 6. The lowest BCUT2D eigenvalue weighted by molar-refractivity contribution is -0.0379. The summed E-state index contributed by atoms with van der Waals surface area (Å²) in [6.45, 7) is 8.86. The molecule has 6 nitrogen and oxygen atoms in total. The molecule has 0 saturated carbocycles. The van der Waals surface area contributed by atoms with Crippen LogP contribution in [0.1, 0.15) is 49.5 Å². The van der Waals surface area contributed by atoms with Gasteiger partial charge < -0.3 is 4.74 Å². The van der Waals surface area contributed by atoms with Crippen molar-refractivity contribution in [2.24, 2.45) is 11.0 Å². The predicted molar refractivity (Wildman–Crippen MR) is 112 cm³/mol. The van der Waals surface area contributed by atoms with E-state index in [1.165, 1.54) is 4.68 Å². The van der Waals surface area contributed by atoms with Gasteiger partial charge in [0.1, 0.15) is 10.7 Å². The molecule has 0 spiro atoms. The topological polar surface area (TPSA) is 69.4 Å². The first-order valence-electron chi connectivity index (χ1n) is 9.48. The second kappa shape index (κ2) is 7.22. The van der Waals surface area contributed by atoms with E-state index in [4.69, 9.17) is 9.72 Å². The van der Waals surface area contributed by atoms with Gasteiger partial charge in [0.2, 0.25) is 0 Å². The van der Waals surface area contributed by atoms with Crippen LogP contribution in [0.4, 0.5) is 0 Å². The van der Waals surface area contributed by atoms with E-state index in [0.29, 0.717) is 36.6 Å². The number of ether oxygens (including phenoxy) is 1. The Bertz CT molecular complexity index is 1100. The van der Waals surface area contributed by atoms with Crippen molar-refractivity contribution in [1.82, 2.24) is 14.6 Å². The number of aromatic nitrogens is 3.